The zero-order valence-electron chi connectivity index (χ0n) is 12.0. The molecule has 114 valence electrons. The van der Waals surface area contributed by atoms with Gasteiger partial charge in [0.2, 0.25) is 0 Å². The van der Waals surface area contributed by atoms with E-state index in [-0.39, 0.29) is 0 Å². The predicted molar refractivity (Wildman–Crippen MR) is 82.7 cm³/mol. The second-order valence-electron chi connectivity index (χ2n) is 4.63. The molecule has 0 saturated heterocycles. The fourth-order valence-corrected chi connectivity index (χ4v) is 2.00. The first-order valence-corrected chi connectivity index (χ1v) is 6.84. The zero-order chi connectivity index (χ0) is 16.1. The molecular weight excluding hydrogens is 294 g/mol. The number of benzene rings is 1. The second kappa shape index (κ2) is 6.52. The molecule has 0 atom stereocenters. The fourth-order valence-electron chi connectivity index (χ4n) is 2.00. The SMILES string of the molecule is O=C(NNC(=O)c1cncn1-c1ccccc1)c1cccnc1. The quantitative estimate of drug-likeness (QED) is 0.715. The summed E-state index contributed by atoms with van der Waals surface area (Å²) in [5.41, 5.74) is 6.17. The number of carbonyl (C=O) groups is 2. The molecule has 0 radical (unpaired) electrons. The van der Waals surface area contributed by atoms with Gasteiger partial charge in [-0.25, -0.2) is 4.98 Å². The van der Waals surface area contributed by atoms with Crippen molar-refractivity contribution in [2.75, 3.05) is 0 Å². The van der Waals surface area contributed by atoms with E-state index in [4.69, 9.17) is 0 Å². The lowest BCUT2D eigenvalue weighted by Crippen LogP contribution is -2.42. The van der Waals surface area contributed by atoms with Crippen LogP contribution < -0.4 is 10.9 Å². The summed E-state index contributed by atoms with van der Waals surface area (Å²) >= 11 is 0. The average molecular weight is 307 g/mol. The maximum Gasteiger partial charge on any atom is 0.288 e. The number of nitrogens with zero attached hydrogens (tertiary/aromatic N) is 3. The van der Waals surface area contributed by atoms with Gasteiger partial charge < -0.3 is 0 Å². The number of imidazole rings is 1. The predicted octanol–water partition coefficient (Wildman–Crippen LogP) is 1.34. The van der Waals surface area contributed by atoms with Gasteiger partial charge in [-0.3, -0.25) is 30.0 Å². The normalized spacial score (nSPS) is 10.1. The Labute approximate surface area is 132 Å². The molecule has 0 bridgehead atoms. The summed E-state index contributed by atoms with van der Waals surface area (Å²) in [6, 6.07) is 12.6. The molecule has 0 saturated carbocycles. The van der Waals surface area contributed by atoms with Crippen molar-refractivity contribution in [3.63, 3.8) is 0 Å². The molecule has 0 aliphatic carbocycles. The fraction of sp³-hybridized carbons (Fsp3) is 0. The standard InChI is InChI=1S/C16H13N5O2/c22-15(12-5-4-8-17-9-12)19-20-16(23)14-10-18-11-21(14)13-6-2-1-3-7-13/h1-11H,(H,19,22)(H,20,23). The summed E-state index contributed by atoms with van der Waals surface area (Å²) in [6.45, 7) is 0. The monoisotopic (exact) mass is 307 g/mol. The van der Waals surface area contributed by atoms with Gasteiger partial charge in [0.1, 0.15) is 5.69 Å². The molecule has 0 aliphatic rings. The van der Waals surface area contributed by atoms with E-state index in [9.17, 15) is 9.59 Å². The molecule has 3 rings (SSSR count). The summed E-state index contributed by atoms with van der Waals surface area (Å²) in [5.74, 6) is -0.916. The summed E-state index contributed by atoms with van der Waals surface area (Å²) in [4.78, 5) is 32.0. The van der Waals surface area contributed by atoms with Gasteiger partial charge in [0, 0.05) is 18.1 Å². The summed E-state index contributed by atoms with van der Waals surface area (Å²) in [7, 11) is 0. The molecule has 7 nitrogen and oxygen atoms in total. The lowest BCUT2D eigenvalue weighted by molar-refractivity contribution is 0.0842. The van der Waals surface area contributed by atoms with Crippen LogP contribution in [-0.2, 0) is 0 Å². The van der Waals surface area contributed by atoms with Gasteiger partial charge in [-0.15, -0.1) is 0 Å². The molecule has 2 N–H and O–H groups in total. The Morgan fingerprint density at radius 3 is 2.39 bits per heavy atom. The molecule has 2 amide bonds. The number of rotatable bonds is 3. The van der Waals surface area contributed by atoms with Gasteiger partial charge in [-0.1, -0.05) is 18.2 Å². The van der Waals surface area contributed by atoms with Gasteiger partial charge in [0.15, 0.2) is 0 Å². The number of hydrazine groups is 1. The molecular formula is C16H13N5O2. The summed E-state index contributed by atoms with van der Waals surface area (Å²) in [6.07, 6.45) is 5.94. The molecule has 0 unspecified atom stereocenters. The first-order valence-electron chi connectivity index (χ1n) is 6.84. The Balaban J connectivity index is 1.70. The molecule has 1 aromatic carbocycles. The van der Waals surface area contributed by atoms with Crippen LogP contribution in [0.4, 0.5) is 0 Å². The number of pyridine rings is 1. The summed E-state index contributed by atoms with van der Waals surface area (Å²) < 4.78 is 1.63. The van der Waals surface area contributed by atoms with Gasteiger partial charge in [0.05, 0.1) is 18.1 Å². The van der Waals surface area contributed by atoms with E-state index < -0.39 is 11.8 Å². The number of amides is 2. The maximum absolute atomic E-state index is 12.2. The first kappa shape index (κ1) is 14.5. The van der Waals surface area contributed by atoms with Crippen molar-refractivity contribution in [3.8, 4) is 5.69 Å². The van der Waals surface area contributed by atoms with Crippen molar-refractivity contribution in [2.24, 2.45) is 0 Å². The number of hydrogen-bond donors (Lipinski definition) is 2. The number of para-hydroxylation sites is 1. The molecule has 2 heterocycles. The Morgan fingerprint density at radius 2 is 1.65 bits per heavy atom. The third-order valence-corrected chi connectivity index (χ3v) is 3.12. The van der Waals surface area contributed by atoms with E-state index >= 15 is 0 Å². The van der Waals surface area contributed by atoms with Crippen LogP contribution in [0.3, 0.4) is 0 Å². The van der Waals surface area contributed by atoms with E-state index in [1.54, 1.807) is 22.9 Å². The largest absolute Gasteiger partial charge is 0.295 e. The molecule has 23 heavy (non-hydrogen) atoms. The van der Waals surface area contributed by atoms with Crippen LogP contribution in [0.2, 0.25) is 0 Å². The third kappa shape index (κ3) is 3.24. The van der Waals surface area contributed by atoms with Crippen molar-refractivity contribution in [3.05, 3.63) is 78.6 Å². The van der Waals surface area contributed by atoms with Crippen molar-refractivity contribution >= 4 is 11.8 Å². The van der Waals surface area contributed by atoms with Crippen LogP contribution in [0.25, 0.3) is 5.69 Å². The van der Waals surface area contributed by atoms with Crippen molar-refractivity contribution in [1.29, 1.82) is 0 Å². The maximum atomic E-state index is 12.2. The van der Waals surface area contributed by atoms with Gasteiger partial charge in [-0.05, 0) is 24.3 Å². The highest BCUT2D eigenvalue weighted by molar-refractivity contribution is 5.98. The number of hydrogen-bond acceptors (Lipinski definition) is 4. The molecule has 0 fully saturated rings. The Bertz CT molecular complexity index is 815. The minimum Gasteiger partial charge on any atom is -0.295 e. The Kier molecular flexibility index (Phi) is 4.10. The lowest BCUT2D eigenvalue weighted by atomic mass is 10.3. The van der Waals surface area contributed by atoms with Crippen LogP contribution in [0.15, 0.2) is 67.4 Å². The van der Waals surface area contributed by atoms with Crippen LogP contribution in [0, 0.1) is 0 Å². The van der Waals surface area contributed by atoms with Crippen LogP contribution in [0.1, 0.15) is 20.8 Å². The minimum absolute atomic E-state index is 0.308. The van der Waals surface area contributed by atoms with Crippen LogP contribution in [0.5, 0.6) is 0 Å². The summed E-state index contributed by atoms with van der Waals surface area (Å²) in [5, 5.41) is 0. The van der Waals surface area contributed by atoms with Gasteiger partial charge in [0.25, 0.3) is 11.8 Å². The number of carbonyl (C=O) groups excluding carboxylic acids is 2. The topological polar surface area (TPSA) is 88.9 Å². The molecule has 7 heteroatoms. The zero-order valence-corrected chi connectivity index (χ0v) is 12.0. The van der Waals surface area contributed by atoms with E-state index in [1.165, 1.54) is 18.7 Å². The number of nitrogens with one attached hydrogen (secondary N) is 2. The van der Waals surface area contributed by atoms with Crippen molar-refractivity contribution in [1.82, 2.24) is 25.4 Å². The second-order valence-corrected chi connectivity index (χ2v) is 4.63. The highest BCUT2D eigenvalue weighted by atomic mass is 16.2. The molecule has 2 aromatic heterocycles. The van der Waals surface area contributed by atoms with Crippen molar-refractivity contribution < 1.29 is 9.59 Å². The molecule has 3 aromatic rings. The van der Waals surface area contributed by atoms with Crippen molar-refractivity contribution in [2.45, 2.75) is 0 Å². The first-order chi connectivity index (χ1) is 11.3. The highest BCUT2D eigenvalue weighted by Crippen LogP contribution is 2.10. The van der Waals surface area contributed by atoms with E-state index in [2.05, 4.69) is 20.8 Å². The number of aromatic nitrogens is 3. The van der Waals surface area contributed by atoms with E-state index in [0.717, 1.165) is 5.69 Å². The van der Waals surface area contributed by atoms with Gasteiger partial charge in [-0.2, -0.15) is 0 Å². The smallest absolute Gasteiger partial charge is 0.288 e. The van der Waals surface area contributed by atoms with E-state index in [0.29, 0.717) is 11.3 Å². The van der Waals surface area contributed by atoms with E-state index in [1.807, 2.05) is 30.3 Å². The van der Waals surface area contributed by atoms with Crippen LogP contribution in [-0.4, -0.2) is 26.3 Å². The lowest BCUT2D eigenvalue weighted by Gasteiger charge is -2.09. The Hall–Kier alpha value is -3.48. The third-order valence-electron chi connectivity index (χ3n) is 3.12. The molecule has 0 spiro atoms. The average Bonchev–Trinajstić information content (AvgIpc) is 3.11. The van der Waals surface area contributed by atoms with Gasteiger partial charge >= 0.3 is 0 Å². The molecule has 0 aliphatic heterocycles. The Morgan fingerprint density at radius 1 is 0.870 bits per heavy atom. The van der Waals surface area contributed by atoms with Crippen LogP contribution >= 0.6 is 0 Å². The minimum atomic E-state index is -0.469. The highest BCUT2D eigenvalue weighted by Gasteiger charge is 2.14.